The van der Waals surface area contributed by atoms with Crippen LogP contribution in [0.15, 0.2) is 179 Å². The maximum Gasteiger partial charge on any atom is 0.165 e. The summed E-state index contributed by atoms with van der Waals surface area (Å²) < 4.78 is 15.5. The topological polar surface area (TPSA) is 77.8 Å². The molecule has 12 aromatic rings. The molecular formula is C50H28N4O2S. The van der Waals surface area contributed by atoms with Crippen molar-refractivity contribution in [2.45, 2.75) is 0 Å². The molecule has 0 fully saturated rings. The lowest BCUT2D eigenvalue weighted by Crippen LogP contribution is -2.00. The van der Waals surface area contributed by atoms with E-state index in [9.17, 15) is 0 Å². The molecule has 0 radical (unpaired) electrons. The highest BCUT2D eigenvalue weighted by Gasteiger charge is 2.19. The number of benzene rings is 7. The number of para-hydroxylation sites is 2. The van der Waals surface area contributed by atoms with E-state index in [4.69, 9.17) is 23.8 Å². The second-order valence-electron chi connectivity index (χ2n) is 14.2. The maximum absolute atomic E-state index is 6.69. The van der Waals surface area contributed by atoms with Crippen LogP contribution in [0.25, 0.3) is 120 Å². The summed E-state index contributed by atoms with van der Waals surface area (Å²) in [7, 11) is 0. The van der Waals surface area contributed by atoms with E-state index < -0.39 is 0 Å². The Labute approximate surface area is 329 Å². The lowest BCUT2D eigenvalue weighted by molar-refractivity contribution is 0.669. The van der Waals surface area contributed by atoms with E-state index in [1.165, 1.54) is 25.7 Å². The largest absolute Gasteiger partial charge is 0.456 e. The fraction of sp³-hybridized carbons (Fsp3) is 0. The molecule has 266 valence electrons. The molecule has 12 rings (SSSR count). The van der Waals surface area contributed by atoms with Gasteiger partial charge in [0.1, 0.15) is 22.3 Å². The van der Waals surface area contributed by atoms with Gasteiger partial charge in [-0.05, 0) is 71.3 Å². The minimum atomic E-state index is 0.547. The average molecular weight is 749 g/mol. The Morgan fingerprint density at radius 2 is 1.00 bits per heavy atom. The third kappa shape index (κ3) is 5.17. The zero-order valence-corrected chi connectivity index (χ0v) is 31.0. The molecule has 0 aliphatic heterocycles. The monoisotopic (exact) mass is 748 g/mol. The van der Waals surface area contributed by atoms with Gasteiger partial charge in [-0.2, -0.15) is 0 Å². The van der Waals surface area contributed by atoms with Crippen molar-refractivity contribution in [1.82, 2.24) is 19.9 Å². The van der Waals surface area contributed by atoms with Gasteiger partial charge in [-0.15, -0.1) is 11.3 Å². The molecular weight excluding hydrogens is 721 g/mol. The molecule has 0 amide bonds. The first kappa shape index (κ1) is 31.8. The Kier molecular flexibility index (Phi) is 7.00. The Balaban J connectivity index is 0.968. The molecule has 0 spiro atoms. The van der Waals surface area contributed by atoms with Crippen molar-refractivity contribution in [2.75, 3.05) is 0 Å². The highest BCUT2D eigenvalue weighted by Crippen LogP contribution is 2.44. The lowest BCUT2D eigenvalue weighted by Gasteiger charge is -2.10. The standard InChI is InChI=1S/C50H28N4O2S/c1-4-12-41-36(9-1)37-21-20-32(26-43(37)55-41)49-52-48(53-50(54-49)33-8-7-25-51-28-33)30-17-15-29(16-18-30)35-24-23-34(46-40-11-2-5-13-42(40)56-47(35)46)31-19-22-39-38-10-3-6-14-44(38)57-45(39)27-31/h1-28H. The van der Waals surface area contributed by atoms with E-state index in [1.54, 1.807) is 12.4 Å². The van der Waals surface area contributed by atoms with Crippen LogP contribution in [-0.2, 0) is 0 Å². The fourth-order valence-electron chi connectivity index (χ4n) is 8.11. The zero-order valence-electron chi connectivity index (χ0n) is 30.2. The van der Waals surface area contributed by atoms with Crippen LogP contribution < -0.4 is 0 Å². The first-order chi connectivity index (χ1) is 28.2. The number of furan rings is 2. The van der Waals surface area contributed by atoms with Crippen LogP contribution in [0.3, 0.4) is 0 Å². The summed E-state index contributed by atoms with van der Waals surface area (Å²) in [6.45, 7) is 0. The summed E-state index contributed by atoms with van der Waals surface area (Å²) >= 11 is 1.84. The van der Waals surface area contributed by atoms with Crippen molar-refractivity contribution in [1.29, 1.82) is 0 Å². The fourth-order valence-corrected chi connectivity index (χ4v) is 9.26. The van der Waals surface area contributed by atoms with Gasteiger partial charge in [0.15, 0.2) is 17.5 Å². The van der Waals surface area contributed by atoms with E-state index in [-0.39, 0.29) is 0 Å². The van der Waals surface area contributed by atoms with Gasteiger partial charge in [0.2, 0.25) is 0 Å². The van der Waals surface area contributed by atoms with Gasteiger partial charge in [0, 0.05) is 76.4 Å². The number of pyridine rings is 1. The van der Waals surface area contributed by atoms with Gasteiger partial charge in [0.05, 0.1) is 0 Å². The van der Waals surface area contributed by atoms with Crippen molar-refractivity contribution in [3.05, 3.63) is 170 Å². The van der Waals surface area contributed by atoms with E-state index in [2.05, 4.69) is 108 Å². The van der Waals surface area contributed by atoms with Crippen molar-refractivity contribution in [3.8, 4) is 56.4 Å². The summed E-state index contributed by atoms with van der Waals surface area (Å²) in [5.74, 6) is 1.67. The molecule has 6 nitrogen and oxygen atoms in total. The summed E-state index contributed by atoms with van der Waals surface area (Å²) in [4.78, 5) is 19.2. The van der Waals surface area contributed by atoms with Crippen LogP contribution in [-0.4, -0.2) is 19.9 Å². The normalized spacial score (nSPS) is 11.9. The van der Waals surface area contributed by atoms with Crippen LogP contribution in [0.2, 0.25) is 0 Å². The predicted octanol–water partition coefficient (Wildman–Crippen LogP) is 13.8. The minimum absolute atomic E-state index is 0.547. The average Bonchev–Trinajstić information content (AvgIpc) is 3.97. The smallest absolute Gasteiger partial charge is 0.165 e. The third-order valence-corrected chi connectivity index (χ3v) is 12.0. The molecule has 7 heteroatoms. The van der Waals surface area contributed by atoms with Crippen LogP contribution in [0.1, 0.15) is 0 Å². The second kappa shape index (κ2) is 12.5. The molecule has 0 unspecified atom stereocenters. The molecule has 0 bridgehead atoms. The Hall–Kier alpha value is -7.48. The lowest BCUT2D eigenvalue weighted by atomic mass is 9.94. The van der Waals surface area contributed by atoms with Gasteiger partial charge in [-0.1, -0.05) is 103 Å². The van der Waals surface area contributed by atoms with E-state index in [1.807, 2.05) is 65.9 Å². The first-order valence-electron chi connectivity index (χ1n) is 18.8. The maximum atomic E-state index is 6.69. The highest BCUT2D eigenvalue weighted by atomic mass is 32.1. The van der Waals surface area contributed by atoms with Crippen molar-refractivity contribution < 1.29 is 8.83 Å². The molecule has 0 atom stereocenters. The molecule has 0 saturated heterocycles. The SMILES string of the molecule is c1cncc(-c2nc(-c3ccc(-c4ccc(-c5ccc6c(c5)sc5ccccc56)c5c4oc4ccccc45)cc3)nc(-c3ccc4c(c3)oc3ccccc34)n2)c1. The summed E-state index contributed by atoms with van der Waals surface area (Å²) in [5.41, 5.74) is 10.2. The van der Waals surface area contributed by atoms with Crippen molar-refractivity contribution >= 4 is 75.4 Å². The van der Waals surface area contributed by atoms with Gasteiger partial charge in [0.25, 0.3) is 0 Å². The van der Waals surface area contributed by atoms with Crippen LogP contribution in [0.4, 0.5) is 0 Å². The Bertz CT molecular complexity index is 3530. The van der Waals surface area contributed by atoms with E-state index in [0.717, 1.165) is 77.3 Å². The molecule has 0 aliphatic carbocycles. The Morgan fingerprint density at radius 1 is 0.386 bits per heavy atom. The van der Waals surface area contributed by atoms with Crippen LogP contribution >= 0.6 is 11.3 Å². The van der Waals surface area contributed by atoms with Gasteiger partial charge in [-0.3, -0.25) is 4.98 Å². The first-order valence-corrected chi connectivity index (χ1v) is 19.6. The minimum Gasteiger partial charge on any atom is -0.456 e. The molecule has 57 heavy (non-hydrogen) atoms. The van der Waals surface area contributed by atoms with E-state index in [0.29, 0.717) is 17.5 Å². The highest BCUT2D eigenvalue weighted by molar-refractivity contribution is 7.25. The number of thiophene rings is 1. The van der Waals surface area contributed by atoms with Gasteiger partial charge >= 0.3 is 0 Å². The van der Waals surface area contributed by atoms with Gasteiger partial charge in [-0.25, -0.2) is 15.0 Å². The third-order valence-electron chi connectivity index (χ3n) is 10.9. The van der Waals surface area contributed by atoms with Crippen LogP contribution in [0, 0.1) is 0 Å². The predicted molar refractivity (Wildman–Crippen MR) is 232 cm³/mol. The van der Waals surface area contributed by atoms with Gasteiger partial charge < -0.3 is 8.83 Å². The zero-order chi connectivity index (χ0) is 37.5. The molecule has 0 N–H and O–H groups in total. The molecule has 5 heterocycles. The number of rotatable bonds is 5. The van der Waals surface area contributed by atoms with E-state index >= 15 is 0 Å². The summed E-state index contributed by atoms with van der Waals surface area (Å²) in [6.07, 6.45) is 3.52. The summed E-state index contributed by atoms with van der Waals surface area (Å²) in [6, 6.07) is 54.6. The number of aromatic nitrogens is 4. The number of hydrogen-bond donors (Lipinski definition) is 0. The molecule has 0 saturated carbocycles. The second-order valence-corrected chi connectivity index (χ2v) is 15.3. The number of nitrogens with zero attached hydrogens (tertiary/aromatic N) is 4. The molecule has 7 aromatic carbocycles. The van der Waals surface area contributed by atoms with Crippen LogP contribution in [0.5, 0.6) is 0 Å². The van der Waals surface area contributed by atoms with Crippen molar-refractivity contribution in [3.63, 3.8) is 0 Å². The summed E-state index contributed by atoms with van der Waals surface area (Å²) in [5, 5.41) is 6.92. The molecule has 0 aliphatic rings. The quantitative estimate of drug-likeness (QED) is 0.174. The number of fused-ring (bicyclic) bond motifs is 9. The number of hydrogen-bond acceptors (Lipinski definition) is 7. The van der Waals surface area contributed by atoms with Crippen molar-refractivity contribution in [2.24, 2.45) is 0 Å². The Morgan fingerprint density at radius 3 is 1.82 bits per heavy atom. The molecule has 5 aromatic heterocycles.